The van der Waals surface area contributed by atoms with Gasteiger partial charge in [0.15, 0.2) is 0 Å². The number of carbonyl (C=O) groups excluding carboxylic acids is 1. The summed E-state index contributed by atoms with van der Waals surface area (Å²) in [6.07, 6.45) is 5.27. The number of carbonyl (C=O) groups is 1. The van der Waals surface area contributed by atoms with E-state index in [4.69, 9.17) is 11.5 Å². The van der Waals surface area contributed by atoms with Gasteiger partial charge in [0.2, 0.25) is 5.91 Å². The summed E-state index contributed by atoms with van der Waals surface area (Å²) in [5.41, 5.74) is 10.7. The van der Waals surface area contributed by atoms with E-state index in [-0.39, 0.29) is 17.9 Å². The van der Waals surface area contributed by atoms with Crippen LogP contribution in [0, 0.1) is 5.92 Å². The molecule has 3 nitrogen and oxygen atoms in total. The summed E-state index contributed by atoms with van der Waals surface area (Å²) < 4.78 is 0.850. The van der Waals surface area contributed by atoms with Gasteiger partial charge in [-0.15, -0.1) is 0 Å². The lowest BCUT2D eigenvalue weighted by molar-refractivity contribution is -0.120. The lowest BCUT2D eigenvalue weighted by Crippen LogP contribution is -2.37. The van der Waals surface area contributed by atoms with Crippen LogP contribution in [0.25, 0.3) is 0 Å². The van der Waals surface area contributed by atoms with Crippen molar-refractivity contribution in [1.82, 2.24) is 0 Å². The molecule has 1 rings (SSSR count). The van der Waals surface area contributed by atoms with Crippen LogP contribution in [0.2, 0.25) is 0 Å². The maximum atomic E-state index is 10.8. The van der Waals surface area contributed by atoms with Gasteiger partial charge in [-0.3, -0.25) is 4.79 Å². The first kappa shape index (κ1) is 8.49. The van der Waals surface area contributed by atoms with E-state index < -0.39 is 0 Å². The van der Waals surface area contributed by atoms with E-state index in [1.165, 1.54) is 0 Å². The molecule has 0 radical (unpaired) electrons. The Bertz CT molecular complexity index is 235. The van der Waals surface area contributed by atoms with Crippen molar-refractivity contribution in [1.29, 1.82) is 0 Å². The topological polar surface area (TPSA) is 69.1 Å². The lowest BCUT2D eigenvalue weighted by atomic mass is 9.95. The van der Waals surface area contributed by atoms with Crippen LogP contribution in [-0.2, 0) is 4.79 Å². The molecule has 0 aromatic heterocycles. The minimum absolute atomic E-state index is 0.284. The summed E-state index contributed by atoms with van der Waals surface area (Å²) in [4.78, 5) is 10.8. The van der Waals surface area contributed by atoms with Gasteiger partial charge in [-0.25, -0.2) is 0 Å². The SMILES string of the molecule is NC(=O)C1C=C(Br)C=CC1N. The summed E-state index contributed by atoms with van der Waals surface area (Å²) in [7, 11) is 0. The Kier molecular flexibility index (Phi) is 2.46. The molecule has 0 aliphatic heterocycles. The first-order valence-electron chi connectivity index (χ1n) is 3.21. The fourth-order valence-electron chi connectivity index (χ4n) is 0.933. The molecule has 1 aliphatic rings. The third kappa shape index (κ3) is 1.91. The van der Waals surface area contributed by atoms with E-state index >= 15 is 0 Å². The molecule has 0 spiro atoms. The highest BCUT2D eigenvalue weighted by Crippen LogP contribution is 2.19. The normalized spacial score (nSPS) is 29.8. The molecule has 2 atom stereocenters. The monoisotopic (exact) mass is 216 g/mol. The number of hydrogen-bond acceptors (Lipinski definition) is 2. The largest absolute Gasteiger partial charge is 0.369 e. The summed E-state index contributed by atoms with van der Waals surface area (Å²) in [6.45, 7) is 0. The zero-order chi connectivity index (χ0) is 8.43. The molecule has 4 N–H and O–H groups in total. The molecule has 1 amide bonds. The Morgan fingerprint density at radius 2 is 2.27 bits per heavy atom. The molecule has 0 saturated carbocycles. The maximum absolute atomic E-state index is 10.8. The van der Waals surface area contributed by atoms with E-state index in [0.29, 0.717) is 0 Å². The van der Waals surface area contributed by atoms with E-state index in [0.717, 1.165) is 4.48 Å². The average molecular weight is 217 g/mol. The van der Waals surface area contributed by atoms with Crippen LogP contribution < -0.4 is 11.5 Å². The number of rotatable bonds is 1. The molecular formula is C7H9BrN2O. The standard InChI is InChI=1S/C7H9BrN2O/c8-4-1-2-6(9)5(3-4)7(10)11/h1-3,5-6H,9H2,(H2,10,11). The molecule has 0 aromatic rings. The summed E-state index contributed by atoms with van der Waals surface area (Å²) in [5, 5.41) is 0. The van der Waals surface area contributed by atoms with E-state index in [1.54, 1.807) is 12.2 Å². The number of nitrogens with two attached hydrogens (primary N) is 2. The fourth-order valence-corrected chi connectivity index (χ4v) is 1.37. The smallest absolute Gasteiger partial charge is 0.226 e. The van der Waals surface area contributed by atoms with Gasteiger partial charge in [0.1, 0.15) is 0 Å². The van der Waals surface area contributed by atoms with Gasteiger partial charge in [0.25, 0.3) is 0 Å². The Morgan fingerprint density at radius 3 is 2.73 bits per heavy atom. The number of allylic oxidation sites excluding steroid dienone is 2. The van der Waals surface area contributed by atoms with Crippen LogP contribution in [0.4, 0.5) is 0 Å². The molecular weight excluding hydrogens is 208 g/mol. The Balaban J connectivity index is 2.81. The Morgan fingerprint density at radius 1 is 1.64 bits per heavy atom. The quantitative estimate of drug-likeness (QED) is 0.661. The van der Waals surface area contributed by atoms with Crippen molar-refractivity contribution >= 4 is 21.8 Å². The van der Waals surface area contributed by atoms with Crippen LogP contribution in [0.1, 0.15) is 0 Å². The molecule has 0 bridgehead atoms. The summed E-state index contributed by atoms with van der Waals surface area (Å²) in [6, 6.07) is -0.284. The highest BCUT2D eigenvalue weighted by Gasteiger charge is 2.21. The van der Waals surface area contributed by atoms with Gasteiger partial charge >= 0.3 is 0 Å². The summed E-state index contributed by atoms with van der Waals surface area (Å²) >= 11 is 3.24. The highest BCUT2D eigenvalue weighted by molar-refractivity contribution is 9.11. The van der Waals surface area contributed by atoms with E-state index in [9.17, 15) is 4.79 Å². The zero-order valence-corrected chi connectivity index (χ0v) is 7.41. The number of amides is 1. The van der Waals surface area contributed by atoms with Crippen molar-refractivity contribution in [2.75, 3.05) is 0 Å². The minimum Gasteiger partial charge on any atom is -0.369 e. The van der Waals surface area contributed by atoms with Crippen LogP contribution in [0.5, 0.6) is 0 Å². The molecule has 0 fully saturated rings. The van der Waals surface area contributed by atoms with Crippen molar-refractivity contribution in [3.8, 4) is 0 Å². The van der Waals surface area contributed by atoms with Gasteiger partial charge in [-0.1, -0.05) is 34.2 Å². The van der Waals surface area contributed by atoms with Crippen molar-refractivity contribution < 1.29 is 4.79 Å². The molecule has 4 heteroatoms. The Labute approximate surface area is 73.3 Å². The fraction of sp³-hybridized carbons (Fsp3) is 0.286. The van der Waals surface area contributed by atoms with Crippen molar-refractivity contribution in [3.63, 3.8) is 0 Å². The maximum Gasteiger partial charge on any atom is 0.226 e. The second-order valence-electron chi connectivity index (χ2n) is 2.42. The van der Waals surface area contributed by atoms with Crippen LogP contribution in [-0.4, -0.2) is 11.9 Å². The predicted octanol–water partition coefficient (Wildman–Crippen LogP) is 0.264. The third-order valence-corrected chi connectivity index (χ3v) is 2.09. The summed E-state index contributed by atoms with van der Waals surface area (Å²) in [5.74, 6) is -0.770. The zero-order valence-electron chi connectivity index (χ0n) is 5.83. The van der Waals surface area contributed by atoms with Crippen molar-refractivity contribution in [3.05, 3.63) is 22.7 Å². The third-order valence-electron chi connectivity index (χ3n) is 1.56. The number of halogens is 1. The molecule has 60 valence electrons. The molecule has 11 heavy (non-hydrogen) atoms. The van der Waals surface area contributed by atoms with Gasteiger partial charge in [0, 0.05) is 10.5 Å². The second kappa shape index (κ2) is 3.19. The van der Waals surface area contributed by atoms with E-state index in [1.807, 2.05) is 6.08 Å². The van der Waals surface area contributed by atoms with Gasteiger partial charge in [-0.2, -0.15) is 0 Å². The molecule has 0 saturated heterocycles. The Hall–Kier alpha value is -0.610. The number of primary amides is 1. The van der Waals surface area contributed by atoms with Crippen LogP contribution >= 0.6 is 15.9 Å². The van der Waals surface area contributed by atoms with Gasteiger partial charge in [0.05, 0.1) is 5.92 Å². The van der Waals surface area contributed by atoms with Crippen molar-refractivity contribution in [2.24, 2.45) is 17.4 Å². The first-order valence-corrected chi connectivity index (χ1v) is 4.01. The van der Waals surface area contributed by atoms with E-state index in [2.05, 4.69) is 15.9 Å². The molecule has 1 aliphatic carbocycles. The average Bonchev–Trinajstić information content (AvgIpc) is 1.94. The minimum atomic E-state index is -0.390. The van der Waals surface area contributed by atoms with Gasteiger partial charge < -0.3 is 11.5 Å². The first-order chi connectivity index (χ1) is 5.11. The van der Waals surface area contributed by atoms with Crippen LogP contribution in [0.15, 0.2) is 22.7 Å². The molecule has 0 heterocycles. The predicted molar refractivity (Wildman–Crippen MR) is 46.8 cm³/mol. The van der Waals surface area contributed by atoms with Gasteiger partial charge in [-0.05, 0) is 0 Å². The highest BCUT2D eigenvalue weighted by atomic mass is 79.9. The number of hydrogen-bond donors (Lipinski definition) is 2. The lowest BCUT2D eigenvalue weighted by Gasteiger charge is -2.17. The molecule has 0 aromatic carbocycles. The van der Waals surface area contributed by atoms with Crippen LogP contribution in [0.3, 0.4) is 0 Å². The van der Waals surface area contributed by atoms with Crippen molar-refractivity contribution in [2.45, 2.75) is 6.04 Å². The second-order valence-corrected chi connectivity index (χ2v) is 3.33. The molecule has 2 unspecified atom stereocenters.